The summed E-state index contributed by atoms with van der Waals surface area (Å²) in [4.78, 5) is 4.06. The molecule has 0 saturated carbocycles. The number of aromatic nitrogens is 1. The quantitative estimate of drug-likeness (QED) is 0.618. The van der Waals surface area contributed by atoms with Crippen molar-refractivity contribution in [2.24, 2.45) is 10.2 Å². The van der Waals surface area contributed by atoms with Crippen molar-refractivity contribution in [1.29, 1.82) is 0 Å². The minimum atomic E-state index is -0.446. The SMILES string of the molecule is S=C1N=NC(c2ccccn2)O1. The van der Waals surface area contributed by atoms with Gasteiger partial charge < -0.3 is 4.74 Å². The Kier molecular flexibility index (Phi) is 1.79. The number of thiocarbonyl (C=S) groups is 1. The molecule has 0 spiro atoms. The van der Waals surface area contributed by atoms with Crippen LogP contribution in [0.3, 0.4) is 0 Å². The maximum absolute atomic E-state index is 5.08. The lowest BCUT2D eigenvalue weighted by Crippen LogP contribution is -1.99. The molecule has 0 N–H and O–H groups in total. The van der Waals surface area contributed by atoms with Crippen LogP contribution >= 0.6 is 12.2 Å². The molecule has 1 aromatic rings. The highest BCUT2D eigenvalue weighted by Crippen LogP contribution is 2.22. The average Bonchev–Trinajstić information content (AvgIpc) is 2.54. The minimum absolute atomic E-state index is 0.172. The molecule has 2 heterocycles. The number of hydrogen-bond donors (Lipinski definition) is 0. The summed E-state index contributed by atoms with van der Waals surface area (Å²) in [7, 11) is 0. The van der Waals surface area contributed by atoms with Gasteiger partial charge in [-0.2, -0.15) is 0 Å². The molecular formula is C7H5N3OS. The first-order valence-corrected chi connectivity index (χ1v) is 3.79. The topological polar surface area (TPSA) is 46.8 Å². The van der Waals surface area contributed by atoms with Crippen molar-refractivity contribution in [3.05, 3.63) is 30.1 Å². The van der Waals surface area contributed by atoms with Crippen LogP contribution in [0.4, 0.5) is 0 Å². The van der Waals surface area contributed by atoms with E-state index >= 15 is 0 Å². The van der Waals surface area contributed by atoms with Crippen molar-refractivity contribution in [2.75, 3.05) is 0 Å². The maximum atomic E-state index is 5.08. The van der Waals surface area contributed by atoms with Gasteiger partial charge in [-0.1, -0.05) is 6.07 Å². The van der Waals surface area contributed by atoms with Gasteiger partial charge in [0.1, 0.15) is 5.69 Å². The van der Waals surface area contributed by atoms with Crippen LogP contribution in [0.5, 0.6) is 0 Å². The van der Waals surface area contributed by atoms with Crippen molar-refractivity contribution in [3.8, 4) is 0 Å². The van der Waals surface area contributed by atoms with Gasteiger partial charge in [0.2, 0.25) is 0 Å². The lowest BCUT2D eigenvalue weighted by Gasteiger charge is -2.03. The predicted molar refractivity (Wildman–Crippen MR) is 45.5 cm³/mol. The molecule has 5 heteroatoms. The van der Waals surface area contributed by atoms with Gasteiger partial charge in [-0.3, -0.25) is 4.98 Å². The summed E-state index contributed by atoms with van der Waals surface area (Å²) in [6, 6.07) is 5.51. The second-order valence-corrected chi connectivity index (χ2v) is 2.56. The van der Waals surface area contributed by atoms with E-state index in [1.165, 1.54) is 0 Å². The molecule has 1 aliphatic rings. The third-order valence-electron chi connectivity index (χ3n) is 1.40. The van der Waals surface area contributed by atoms with Gasteiger partial charge in [-0.05, 0) is 24.4 Å². The van der Waals surface area contributed by atoms with Crippen molar-refractivity contribution >= 4 is 17.4 Å². The van der Waals surface area contributed by atoms with Crippen LogP contribution in [-0.4, -0.2) is 10.2 Å². The van der Waals surface area contributed by atoms with Crippen LogP contribution in [0, 0.1) is 0 Å². The molecule has 60 valence electrons. The zero-order valence-corrected chi connectivity index (χ0v) is 6.86. The zero-order chi connectivity index (χ0) is 8.39. The second-order valence-electron chi connectivity index (χ2n) is 2.21. The third kappa shape index (κ3) is 1.31. The normalized spacial score (nSPS) is 21.0. The van der Waals surface area contributed by atoms with Crippen molar-refractivity contribution in [2.45, 2.75) is 6.23 Å². The summed E-state index contributed by atoms with van der Waals surface area (Å²) in [6.07, 6.45) is 1.23. The van der Waals surface area contributed by atoms with Crippen molar-refractivity contribution < 1.29 is 4.74 Å². The number of pyridine rings is 1. The molecule has 2 rings (SSSR count). The Morgan fingerprint density at radius 1 is 1.42 bits per heavy atom. The van der Waals surface area contributed by atoms with E-state index in [1.807, 2.05) is 18.2 Å². The molecular weight excluding hydrogens is 174 g/mol. The van der Waals surface area contributed by atoms with E-state index in [0.717, 1.165) is 5.69 Å². The molecule has 12 heavy (non-hydrogen) atoms. The van der Waals surface area contributed by atoms with E-state index in [0.29, 0.717) is 0 Å². The standard InChI is InChI=1S/C7H5N3OS/c12-7-10-9-6(11-7)5-3-1-2-4-8-5/h1-4,6H. The Bertz CT molecular complexity index is 325. The Morgan fingerprint density at radius 3 is 2.92 bits per heavy atom. The Hall–Kier alpha value is -1.36. The summed E-state index contributed by atoms with van der Waals surface area (Å²) in [5.74, 6) is 0. The van der Waals surface area contributed by atoms with Crippen LogP contribution in [0.1, 0.15) is 11.9 Å². The average molecular weight is 179 g/mol. The van der Waals surface area contributed by atoms with Gasteiger partial charge in [0, 0.05) is 6.20 Å². The summed E-state index contributed by atoms with van der Waals surface area (Å²) in [5, 5.41) is 7.55. The van der Waals surface area contributed by atoms with Crippen LogP contribution in [0.15, 0.2) is 34.6 Å². The molecule has 0 bridgehead atoms. The smallest absolute Gasteiger partial charge is 0.304 e. The van der Waals surface area contributed by atoms with Crippen LogP contribution in [0.2, 0.25) is 0 Å². The molecule has 0 amide bonds. The molecule has 0 fully saturated rings. The molecule has 0 aromatic carbocycles. The van der Waals surface area contributed by atoms with Crippen LogP contribution in [0.25, 0.3) is 0 Å². The monoisotopic (exact) mass is 179 g/mol. The van der Waals surface area contributed by atoms with E-state index in [2.05, 4.69) is 27.4 Å². The highest BCUT2D eigenvalue weighted by Gasteiger charge is 2.19. The molecule has 1 aromatic heterocycles. The van der Waals surface area contributed by atoms with Gasteiger partial charge in [0.25, 0.3) is 6.23 Å². The molecule has 1 atom stereocenters. The first-order chi connectivity index (χ1) is 5.86. The van der Waals surface area contributed by atoms with Gasteiger partial charge in [-0.25, -0.2) is 0 Å². The molecule has 1 unspecified atom stereocenters. The highest BCUT2D eigenvalue weighted by molar-refractivity contribution is 7.80. The van der Waals surface area contributed by atoms with Crippen LogP contribution < -0.4 is 0 Å². The third-order valence-corrected chi connectivity index (χ3v) is 1.58. The number of nitrogens with zero attached hydrogens (tertiary/aromatic N) is 3. The predicted octanol–water partition coefficient (Wildman–Crippen LogP) is 1.85. The fraction of sp³-hybridized carbons (Fsp3) is 0.143. The lowest BCUT2D eigenvalue weighted by atomic mass is 10.3. The van der Waals surface area contributed by atoms with Gasteiger partial charge in [0.15, 0.2) is 0 Å². The Labute approximate surface area is 74.3 Å². The molecule has 0 aliphatic carbocycles. The first-order valence-electron chi connectivity index (χ1n) is 3.38. The molecule has 0 radical (unpaired) electrons. The maximum Gasteiger partial charge on any atom is 0.304 e. The highest BCUT2D eigenvalue weighted by atomic mass is 32.1. The zero-order valence-electron chi connectivity index (χ0n) is 6.04. The Morgan fingerprint density at radius 2 is 2.33 bits per heavy atom. The molecule has 0 saturated heterocycles. The summed E-state index contributed by atoms with van der Waals surface area (Å²) < 4.78 is 5.08. The van der Waals surface area contributed by atoms with E-state index in [9.17, 15) is 0 Å². The number of rotatable bonds is 1. The Balaban J connectivity index is 2.23. The minimum Gasteiger partial charge on any atom is -0.435 e. The summed E-state index contributed by atoms with van der Waals surface area (Å²) in [6.45, 7) is 0. The van der Waals surface area contributed by atoms with Crippen LogP contribution in [-0.2, 0) is 4.74 Å². The largest absolute Gasteiger partial charge is 0.435 e. The van der Waals surface area contributed by atoms with E-state index in [1.54, 1.807) is 6.20 Å². The molecule has 4 nitrogen and oxygen atoms in total. The van der Waals surface area contributed by atoms with E-state index in [4.69, 9.17) is 4.74 Å². The van der Waals surface area contributed by atoms with Gasteiger partial charge in [0.05, 0.1) is 0 Å². The second kappa shape index (κ2) is 2.94. The first kappa shape index (κ1) is 7.30. The summed E-state index contributed by atoms with van der Waals surface area (Å²) in [5.41, 5.74) is 0.723. The van der Waals surface area contributed by atoms with E-state index < -0.39 is 6.23 Å². The van der Waals surface area contributed by atoms with E-state index in [-0.39, 0.29) is 5.17 Å². The van der Waals surface area contributed by atoms with Crippen molar-refractivity contribution in [3.63, 3.8) is 0 Å². The van der Waals surface area contributed by atoms with Crippen molar-refractivity contribution in [1.82, 2.24) is 4.98 Å². The number of ether oxygens (including phenoxy) is 1. The fourth-order valence-electron chi connectivity index (χ4n) is 0.884. The number of azo groups is 1. The van der Waals surface area contributed by atoms with Gasteiger partial charge >= 0.3 is 5.17 Å². The fourth-order valence-corrected chi connectivity index (χ4v) is 1.02. The lowest BCUT2D eigenvalue weighted by molar-refractivity contribution is 0.222. The molecule has 1 aliphatic heterocycles. The number of hydrogen-bond acceptors (Lipinski definition) is 4. The summed E-state index contributed by atoms with van der Waals surface area (Å²) >= 11 is 4.69. The van der Waals surface area contributed by atoms with Gasteiger partial charge in [-0.15, -0.1) is 10.2 Å².